The summed E-state index contributed by atoms with van der Waals surface area (Å²) in [6.07, 6.45) is 2.05. The van der Waals surface area contributed by atoms with E-state index in [0.29, 0.717) is 29.2 Å². The summed E-state index contributed by atoms with van der Waals surface area (Å²) in [7, 11) is 0. The number of hydrogen-bond acceptors (Lipinski definition) is 5. The Bertz CT molecular complexity index is 603. The van der Waals surface area contributed by atoms with Crippen LogP contribution < -0.4 is 5.32 Å². The highest BCUT2D eigenvalue weighted by molar-refractivity contribution is 6.31. The maximum atomic E-state index is 12.3. The van der Waals surface area contributed by atoms with Crippen LogP contribution in [0.1, 0.15) is 23.7 Å². The zero-order valence-corrected chi connectivity index (χ0v) is 12.3. The largest absolute Gasteiger partial charge is 0.396 e. The lowest BCUT2D eigenvalue weighted by Gasteiger charge is -2.13. The van der Waals surface area contributed by atoms with Gasteiger partial charge in [-0.15, -0.1) is 5.10 Å². The van der Waals surface area contributed by atoms with Crippen molar-refractivity contribution in [3.63, 3.8) is 0 Å². The Balaban J connectivity index is 2.18. The van der Waals surface area contributed by atoms with Crippen LogP contribution in [0.3, 0.4) is 0 Å². The van der Waals surface area contributed by atoms with Crippen molar-refractivity contribution in [1.82, 2.24) is 25.5 Å². The second kappa shape index (κ2) is 7.14. The van der Waals surface area contributed by atoms with Crippen molar-refractivity contribution in [2.75, 3.05) is 13.2 Å². The predicted molar refractivity (Wildman–Crippen MR) is 77.4 cm³/mol. The summed E-state index contributed by atoms with van der Waals surface area (Å²) in [6, 6.07) is 4.93. The standard InChI is InChI=1S/C13H16ClN5O2/c1-9(4-5-20)7-15-13(21)11-6-10(14)2-3-12(11)19-8-16-17-18-19/h2-3,6,8-9,20H,4-5,7H2,1H3,(H,15,21). The molecular formula is C13H16ClN5O2. The van der Waals surface area contributed by atoms with Crippen LogP contribution in [-0.2, 0) is 0 Å². The topological polar surface area (TPSA) is 92.9 Å². The molecule has 1 amide bonds. The van der Waals surface area contributed by atoms with E-state index < -0.39 is 0 Å². The molecule has 0 saturated carbocycles. The summed E-state index contributed by atoms with van der Waals surface area (Å²) in [6.45, 7) is 2.53. The fourth-order valence-electron chi connectivity index (χ4n) is 1.85. The molecule has 1 unspecified atom stereocenters. The smallest absolute Gasteiger partial charge is 0.253 e. The van der Waals surface area contributed by atoms with Gasteiger partial charge in [0.25, 0.3) is 5.91 Å². The Kier molecular flexibility index (Phi) is 5.24. The average Bonchev–Trinajstić information content (AvgIpc) is 2.99. The SMILES string of the molecule is CC(CCO)CNC(=O)c1cc(Cl)ccc1-n1cnnn1. The number of amides is 1. The molecule has 8 heteroatoms. The predicted octanol–water partition coefficient (Wildman–Crippen LogP) is 1.06. The molecule has 2 rings (SSSR count). The van der Waals surface area contributed by atoms with Crippen molar-refractivity contribution in [2.24, 2.45) is 5.92 Å². The molecule has 2 aromatic rings. The number of nitrogens with zero attached hydrogens (tertiary/aromatic N) is 4. The van der Waals surface area contributed by atoms with Crippen LogP contribution in [0, 0.1) is 5.92 Å². The molecular weight excluding hydrogens is 294 g/mol. The Morgan fingerprint density at radius 1 is 1.52 bits per heavy atom. The first-order valence-corrected chi connectivity index (χ1v) is 6.91. The molecule has 1 atom stereocenters. The maximum Gasteiger partial charge on any atom is 0.253 e. The zero-order chi connectivity index (χ0) is 15.2. The van der Waals surface area contributed by atoms with E-state index in [0.717, 1.165) is 0 Å². The summed E-state index contributed by atoms with van der Waals surface area (Å²) in [5, 5.41) is 23.1. The lowest BCUT2D eigenvalue weighted by atomic mass is 10.1. The number of tetrazole rings is 1. The van der Waals surface area contributed by atoms with E-state index in [9.17, 15) is 4.79 Å². The number of rotatable bonds is 6. The molecule has 0 bridgehead atoms. The molecule has 21 heavy (non-hydrogen) atoms. The molecule has 7 nitrogen and oxygen atoms in total. The van der Waals surface area contributed by atoms with Gasteiger partial charge in [-0.2, -0.15) is 4.68 Å². The summed E-state index contributed by atoms with van der Waals surface area (Å²) >= 11 is 5.96. The molecule has 2 N–H and O–H groups in total. The Labute approximate surface area is 126 Å². The minimum atomic E-state index is -0.257. The van der Waals surface area contributed by atoms with Crippen molar-refractivity contribution in [1.29, 1.82) is 0 Å². The highest BCUT2D eigenvalue weighted by Crippen LogP contribution is 2.19. The number of hydrogen-bond donors (Lipinski definition) is 2. The molecule has 0 aliphatic heterocycles. The van der Waals surface area contributed by atoms with E-state index in [4.69, 9.17) is 16.7 Å². The van der Waals surface area contributed by atoms with Gasteiger partial charge >= 0.3 is 0 Å². The van der Waals surface area contributed by atoms with Gasteiger partial charge in [0.1, 0.15) is 6.33 Å². The first kappa shape index (κ1) is 15.4. The third kappa shape index (κ3) is 3.99. The van der Waals surface area contributed by atoms with Crippen LogP contribution >= 0.6 is 11.6 Å². The fraction of sp³-hybridized carbons (Fsp3) is 0.385. The molecule has 0 fully saturated rings. The number of carbonyl (C=O) groups excluding carboxylic acids is 1. The van der Waals surface area contributed by atoms with Gasteiger partial charge in [0, 0.05) is 18.2 Å². The third-order valence-corrected chi connectivity index (χ3v) is 3.27. The third-order valence-electron chi connectivity index (χ3n) is 3.03. The fourth-order valence-corrected chi connectivity index (χ4v) is 2.02. The van der Waals surface area contributed by atoms with Gasteiger partial charge in [-0.1, -0.05) is 18.5 Å². The van der Waals surface area contributed by atoms with E-state index in [1.165, 1.54) is 11.0 Å². The lowest BCUT2D eigenvalue weighted by molar-refractivity contribution is 0.0945. The summed E-state index contributed by atoms with van der Waals surface area (Å²) in [5.74, 6) is -0.0672. The van der Waals surface area contributed by atoms with Gasteiger partial charge in [0.05, 0.1) is 11.3 Å². The minimum Gasteiger partial charge on any atom is -0.396 e. The van der Waals surface area contributed by atoms with Crippen LogP contribution in [0.25, 0.3) is 5.69 Å². The highest BCUT2D eigenvalue weighted by atomic mass is 35.5. The quantitative estimate of drug-likeness (QED) is 0.832. The van der Waals surface area contributed by atoms with Crippen molar-refractivity contribution in [2.45, 2.75) is 13.3 Å². The van der Waals surface area contributed by atoms with Crippen molar-refractivity contribution in [3.8, 4) is 5.69 Å². The number of nitrogens with one attached hydrogen (secondary N) is 1. The van der Waals surface area contributed by atoms with Gasteiger partial charge < -0.3 is 10.4 Å². The second-order valence-corrected chi connectivity index (χ2v) is 5.18. The van der Waals surface area contributed by atoms with Crippen LogP contribution in [0.2, 0.25) is 5.02 Å². The molecule has 1 aromatic carbocycles. The first-order chi connectivity index (χ1) is 10.1. The number of aliphatic hydroxyl groups excluding tert-OH is 1. The van der Waals surface area contributed by atoms with Gasteiger partial charge in [0.2, 0.25) is 0 Å². The molecule has 0 spiro atoms. The highest BCUT2D eigenvalue weighted by Gasteiger charge is 2.15. The molecule has 0 aliphatic rings. The van der Waals surface area contributed by atoms with Crippen LogP contribution in [0.15, 0.2) is 24.5 Å². The normalized spacial score (nSPS) is 12.1. The van der Waals surface area contributed by atoms with Gasteiger partial charge in [0.15, 0.2) is 0 Å². The number of benzene rings is 1. The lowest BCUT2D eigenvalue weighted by Crippen LogP contribution is -2.29. The number of carbonyl (C=O) groups is 1. The molecule has 1 aromatic heterocycles. The van der Waals surface area contributed by atoms with Crippen molar-refractivity contribution >= 4 is 17.5 Å². The number of aliphatic hydroxyl groups is 1. The Hall–Kier alpha value is -1.99. The van der Waals surface area contributed by atoms with E-state index in [1.807, 2.05) is 6.92 Å². The molecule has 0 saturated heterocycles. The van der Waals surface area contributed by atoms with E-state index >= 15 is 0 Å². The van der Waals surface area contributed by atoms with Crippen molar-refractivity contribution in [3.05, 3.63) is 35.1 Å². The van der Waals surface area contributed by atoms with Crippen LogP contribution in [-0.4, -0.2) is 44.4 Å². The molecule has 0 aliphatic carbocycles. The second-order valence-electron chi connectivity index (χ2n) is 4.74. The Morgan fingerprint density at radius 2 is 2.33 bits per heavy atom. The van der Waals surface area contributed by atoms with E-state index in [2.05, 4.69) is 20.8 Å². The van der Waals surface area contributed by atoms with E-state index in [1.54, 1.807) is 18.2 Å². The molecule has 0 radical (unpaired) electrons. The maximum absolute atomic E-state index is 12.3. The van der Waals surface area contributed by atoms with Gasteiger partial charge in [-0.05, 0) is 41.0 Å². The number of halogens is 1. The Morgan fingerprint density at radius 3 is 3.00 bits per heavy atom. The summed E-state index contributed by atoms with van der Waals surface area (Å²) < 4.78 is 1.41. The number of aromatic nitrogens is 4. The zero-order valence-electron chi connectivity index (χ0n) is 11.5. The monoisotopic (exact) mass is 309 g/mol. The van der Waals surface area contributed by atoms with Crippen LogP contribution in [0.4, 0.5) is 0 Å². The van der Waals surface area contributed by atoms with Crippen LogP contribution in [0.5, 0.6) is 0 Å². The van der Waals surface area contributed by atoms with Crippen molar-refractivity contribution < 1.29 is 9.90 Å². The molecule has 1 heterocycles. The average molecular weight is 310 g/mol. The first-order valence-electron chi connectivity index (χ1n) is 6.53. The van der Waals surface area contributed by atoms with Gasteiger partial charge in [-0.3, -0.25) is 4.79 Å². The molecule has 112 valence electrons. The van der Waals surface area contributed by atoms with Gasteiger partial charge in [-0.25, -0.2) is 0 Å². The van der Waals surface area contributed by atoms with E-state index in [-0.39, 0.29) is 18.4 Å². The summed E-state index contributed by atoms with van der Waals surface area (Å²) in [5.41, 5.74) is 0.947. The summed E-state index contributed by atoms with van der Waals surface area (Å²) in [4.78, 5) is 12.3. The minimum absolute atomic E-state index is 0.101.